The zero-order valence-corrected chi connectivity index (χ0v) is 17.8. The van der Waals surface area contributed by atoms with Crippen LogP contribution in [0.3, 0.4) is 0 Å². The number of nitrogens with zero attached hydrogens (tertiary/aromatic N) is 1. The van der Waals surface area contributed by atoms with Crippen molar-refractivity contribution in [1.82, 2.24) is 4.90 Å². The Morgan fingerprint density at radius 1 is 1.07 bits per heavy atom. The van der Waals surface area contributed by atoms with E-state index in [1.165, 1.54) is 11.9 Å². The van der Waals surface area contributed by atoms with Crippen molar-refractivity contribution in [2.75, 3.05) is 32.1 Å². The van der Waals surface area contributed by atoms with Crippen LogP contribution in [0.15, 0.2) is 48.5 Å². The number of rotatable bonds is 10. The molecule has 1 N–H and O–H groups in total. The average Bonchev–Trinajstić information content (AvgIpc) is 2.73. The number of likely N-dealkylation sites (N-methyl/N-ethyl adjacent to an activating group) is 1. The summed E-state index contributed by atoms with van der Waals surface area (Å²) in [6, 6.07) is 14.3. The first kappa shape index (κ1) is 23.2. The van der Waals surface area contributed by atoms with Gasteiger partial charge in [0.1, 0.15) is 5.75 Å². The van der Waals surface area contributed by atoms with Gasteiger partial charge in [-0.2, -0.15) is 0 Å². The van der Waals surface area contributed by atoms with Gasteiger partial charge in [0.2, 0.25) is 5.91 Å². The fourth-order valence-corrected chi connectivity index (χ4v) is 2.81. The number of para-hydroxylation sites is 2. The summed E-state index contributed by atoms with van der Waals surface area (Å²) in [6.45, 7) is 1.80. The highest BCUT2D eigenvalue weighted by Gasteiger charge is 2.16. The molecular weight excluding hydrogens is 408 g/mol. The van der Waals surface area contributed by atoms with Crippen LogP contribution in [0.25, 0.3) is 0 Å². The minimum Gasteiger partial charge on any atom is -0.494 e. The second kappa shape index (κ2) is 11.8. The number of amides is 2. The molecule has 0 aliphatic heterocycles. The molecule has 2 rings (SSSR count). The molecule has 8 heteroatoms. The predicted octanol–water partition coefficient (Wildman–Crippen LogP) is 3.31. The smallest absolute Gasteiger partial charge is 0.306 e. The van der Waals surface area contributed by atoms with Crippen molar-refractivity contribution in [1.29, 1.82) is 0 Å². The summed E-state index contributed by atoms with van der Waals surface area (Å²) in [5.74, 6) is -0.651. The number of esters is 1. The molecule has 0 saturated heterocycles. The molecule has 7 nitrogen and oxygen atoms in total. The molecule has 0 saturated carbocycles. The van der Waals surface area contributed by atoms with Crippen LogP contribution >= 0.6 is 11.6 Å². The average molecular weight is 433 g/mol. The lowest BCUT2D eigenvalue weighted by Crippen LogP contribution is -2.37. The summed E-state index contributed by atoms with van der Waals surface area (Å²) >= 11 is 5.99. The van der Waals surface area contributed by atoms with Crippen molar-refractivity contribution in [3.63, 3.8) is 0 Å². The van der Waals surface area contributed by atoms with Crippen LogP contribution in [0.4, 0.5) is 5.69 Å². The molecule has 0 radical (unpaired) electrons. The van der Waals surface area contributed by atoms with Gasteiger partial charge in [0.25, 0.3) is 5.91 Å². The molecule has 0 aliphatic rings. The number of carbonyl (C=O) groups excluding carboxylic acids is 3. The van der Waals surface area contributed by atoms with Crippen LogP contribution < -0.4 is 10.1 Å². The number of aryl methyl sites for hydroxylation is 1. The van der Waals surface area contributed by atoms with Crippen LogP contribution in [0.5, 0.6) is 5.75 Å². The third-order valence-corrected chi connectivity index (χ3v) is 4.51. The number of nitrogens with one attached hydrogen (secondary N) is 1. The molecule has 2 aromatic rings. The molecular formula is C22H25ClN2O5. The number of ether oxygens (including phenoxy) is 2. The van der Waals surface area contributed by atoms with Gasteiger partial charge in [-0.25, -0.2) is 0 Å². The molecule has 30 heavy (non-hydrogen) atoms. The Morgan fingerprint density at radius 3 is 2.50 bits per heavy atom. The molecule has 2 aromatic carbocycles. The zero-order valence-electron chi connectivity index (χ0n) is 17.0. The molecule has 0 spiro atoms. The van der Waals surface area contributed by atoms with Crippen LogP contribution in [-0.4, -0.2) is 49.5 Å². The van der Waals surface area contributed by atoms with E-state index in [0.29, 0.717) is 23.7 Å². The molecule has 0 heterocycles. The maximum Gasteiger partial charge on any atom is 0.306 e. The van der Waals surface area contributed by atoms with Gasteiger partial charge in [-0.15, -0.1) is 0 Å². The molecule has 0 aromatic heterocycles. The van der Waals surface area contributed by atoms with Gasteiger partial charge in [-0.3, -0.25) is 14.4 Å². The SMILES string of the molecule is CCOc1ccccc1CCC(=O)OCC(=O)N(C)CC(=O)Nc1ccccc1Cl. The lowest BCUT2D eigenvalue weighted by molar-refractivity contribution is -0.151. The Balaban J connectivity index is 1.74. The maximum absolute atomic E-state index is 12.1. The van der Waals surface area contributed by atoms with Crippen molar-refractivity contribution >= 4 is 35.1 Å². The quantitative estimate of drug-likeness (QED) is 0.582. The number of benzene rings is 2. The summed E-state index contributed by atoms with van der Waals surface area (Å²) in [5, 5.41) is 3.03. The standard InChI is InChI=1S/C22H25ClN2O5/c1-3-29-19-11-7-4-8-16(19)12-13-22(28)30-15-21(27)25(2)14-20(26)24-18-10-6-5-9-17(18)23/h4-11H,3,12-15H2,1-2H3,(H,24,26). The van der Waals surface area contributed by atoms with Gasteiger partial charge in [0.05, 0.1) is 23.9 Å². The Kier molecular flexibility index (Phi) is 9.15. The Morgan fingerprint density at radius 2 is 1.77 bits per heavy atom. The normalized spacial score (nSPS) is 10.2. The zero-order chi connectivity index (χ0) is 21.9. The maximum atomic E-state index is 12.1. The predicted molar refractivity (Wildman–Crippen MR) is 115 cm³/mol. The first-order valence-electron chi connectivity index (χ1n) is 9.55. The third-order valence-electron chi connectivity index (χ3n) is 4.18. The Labute approximate surface area is 180 Å². The highest BCUT2D eigenvalue weighted by molar-refractivity contribution is 6.33. The molecule has 0 fully saturated rings. The van der Waals surface area contributed by atoms with E-state index in [-0.39, 0.29) is 13.0 Å². The monoisotopic (exact) mass is 432 g/mol. The van der Waals surface area contributed by atoms with E-state index in [1.807, 2.05) is 31.2 Å². The van der Waals surface area contributed by atoms with Crippen LogP contribution in [0, 0.1) is 0 Å². The van der Waals surface area contributed by atoms with E-state index >= 15 is 0 Å². The molecule has 0 aliphatic carbocycles. The van der Waals surface area contributed by atoms with E-state index < -0.39 is 24.4 Å². The van der Waals surface area contributed by atoms with Crippen LogP contribution in [0.1, 0.15) is 18.9 Å². The van der Waals surface area contributed by atoms with Gasteiger partial charge >= 0.3 is 5.97 Å². The number of hydrogen-bond donors (Lipinski definition) is 1. The summed E-state index contributed by atoms with van der Waals surface area (Å²) in [4.78, 5) is 37.4. The van der Waals surface area contributed by atoms with Crippen molar-refractivity contribution in [2.45, 2.75) is 19.8 Å². The van der Waals surface area contributed by atoms with E-state index in [2.05, 4.69) is 5.32 Å². The van der Waals surface area contributed by atoms with Crippen molar-refractivity contribution in [3.8, 4) is 5.75 Å². The van der Waals surface area contributed by atoms with Gasteiger partial charge in [0.15, 0.2) is 6.61 Å². The summed E-state index contributed by atoms with van der Waals surface area (Å²) < 4.78 is 10.6. The fraction of sp³-hybridized carbons (Fsp3) is 0.318. The molecule has 0 atom stereocenters. The van der Waals surface area contributed by atoms with Crippen molar-refractivity contribution in [2.24, 2.45) is 0 Å². The van der Waals surface area contributed by atoms with Gasteiger partial charge in [0, 0.05) is 13.5 Å². The van der Waals surface area contributed by atoms with E-state index in [0.717, 1.165) is 11.3 Å². The van der Waals surface area contributed by atoms with E-state index in [4.69, 9.17) is 21.1 Å². The molecule has 0 unspecified atom stereocenters. The van der Waals surface area contributed by atoms with Crippen molar-refractivity contribution in [3.05, 3.63) is 59.1 Å². The second-order valence-electron chi connectivity index (χ2n) is 6.48. The second-order valence-corrected chi connectivity index (χ2v) is 6.89. The van der Waals surface area contributed by atoms with Crippen LogP contribution in [-0.2, 0) is 25.5 Å². The lowest BCUT2D eigenvalue weighted by atomic mass is 10.1. The summed E-state index contributed by atoms with van der Waals surface area (Å²) in [5.41, 5.74) is 1.36. The highest BCUT2D eigenvalue weighted by Crippen LogP contribution is 2.20. The Bertz CT molecular complexity index is 887. The highest BCUT2D eigenvalue weighted by atomic mass is 35.5. The summed E-state index contributed by atoms with van der Waals surface area (Å²) in [7, 11) is 1.46. The number of carbonyl (C=O) groups is 3. The number of halogens is 1. The largest absolute Gasteiger partial charge is 0.494 e. The lowest BCUT2D eigenvalue weighted by Gasteiger charge is -2.17. The Hall–Kier alpha value is -3.06. The van der Waals surface area contributed by atoms with Crippen LogP contribution in [0.2, 0.25) is 5.02 Å². The fourth-order valence-electron chi connectivity index (χ4n) is 2.62. The van der Waals surface area contributed by atoms with E-state index in [9.17, 15) is 14.4 Å². The first-order valence-corrected chi connectivity index (χ1v) is 9.93. The van der Waals surface area contributed by atoms with Gasteiger partial charge in [-0.1, -0.05) is 41.9 Å². The minimum atomic E-state index is -0.497. The van der Waals surface area contributed by atoms with E-state index in [1.54, 1.807) is 24.3 Å². The molecule has 0 bridgehead atoms. The third kappa shape index (κ3) is 7.40. The summed E-state index contributed by atoms with van der Waals surface area (Å²) in [6.07, 6.45) is 0.563. The topological polar surface area (TPSA) is 84.9 Å². The molecule has 160 valence electrons. The minimum absolute atomic E-state index is 0.119. The van der Waals surface area contributed by atoms with Gasteiger partial charge in [-0.05, 0) is 37.1 Å². The van der Waals surface area contributed by atoms with Gasteiger partial charge < -0.3 is 19.7 Å². The molecule has 2 amide bonds. The first-order chi connectivity index (χ1) is 14.4. The van der Waals surface area contributed by atoms with Crippen molar-refractivity contribution < 1.29 is 23.9 Å². The number of hydrogen-bond acceptors (Lipinski definition) is 5. The number of anilines is 1.